The third-order valence-corrected chi connectivity index (χ3v) is 3.55. The van der Waals surface area contributed by atoms with Gasteiger partial charge in [-0.3, -0.25) is 0 Å². The summed E-state index contributed by atoms with van der Waals surface area (Å²) in [5.74, 6) is 0.327. The van der Waals surface area contributed by atoms with Crippen LogP contribution in [0.25, 0.3) is 0 Å². The number of rotatable bonds is 8. The van der Waals surface area contributed by atoms with Gasteiger partial charge in [-0.25, -0.2) is 4.79 Å². The van der Waals surface area contributed by atoms with E-state index in [0.717, 1.165) is 25.7 Å². The fourth-order valence-electron chi connectivity index (χ4n) is 1.98. The molecule has 1 rings (SSSR count). The van der Waals surface area contributed by atoms with E-state index in [1.807, 2.05) is 13.1 Å². The Bertz CT molecular complexity index is 501. The molecule has 5 heteroatoms. The first kappa shape index (κ1) is 17.8. The zero-order chi connectivity index (χ0) is 16.4. The van der Waals surface area contributed by atoms with E-state index < -0.39 is 5.97 Å². The molecule has 1 atom stereocenters. The molecule has 0 fully saturated rings. The van der Waals surface area contributed by atoms with Crippen LogP contribution in [0, 0.1) is 17.2 Å². The predicted molar refractivity (Wildman–Crippen MR) is 84.0 cm³/mol. The minimum Gasteiger partial charge on any atom is -0.461 e. The topological polar surface area (TPSA) is 62.6 Å². The molecule has 5 nitrogen and oxygen atoms in total. The molecule has 0 aromatic carbocycles. The number of hydrogen-bond donors (Lipinski definition) is 0. The number of carbonyl (C=O) groups excluding carboxylic acids is 1. The number of nitrogens with zero attached hydrogens (tertiary/aromatic N) is 2. The van der Waals surface area contributed by atoms with Gasteiger partial charge in [-0.15, -0.1) is 0 Å². The number of carbonyl (C=O) groups is 1. The highest BCUT2D eigenvalue weighted by molar-refractivity contribution is 5.93. The van der Waals surface area contributed by atoms with Crippen LogP contribution in [0.5, 0.6) is 0 Å². The standard InChI is InChI=1S/C17H24N2O3/c1-4-6-7-14(5-2)13-22-17(20)15(12-18)8-9-16-19(3)10-11-21-16/h8-11,14H,4-7,13H2,1-3H3. The van der Waals surface area contributed by atoms with Crippen molar-refractivity contribution in [3.05, 3.63) is 36.1 Å². The van der Waals surface area contributed by atoms with E-state index in [-0.39, 0.29) is 5.57 Å². The zero-order valence-electron chi connectivity index (χ0n) is 13.5. The summed E-state index contributed by atoms with van der Waals surface area (Å²) in [6.07, 6.45) is 10.5. The van der Waals surface area contributed by atoms with E-state index in [4.69, 9.17) is 14.7 Å². The van der Waals surface area contributed by atoms with Crippen LogP contribution in [0.2, 0.25) is 0 Å². The normalized spacial score (nSPS) is 17.3. The summed E-state index contributed by atoms with van der Waals surface area (Å²) in [4.78, 5) is 13.7. The first-order valence-electron chi connectivity index (χ1n) is 7.67. The Balaban J connectivity index is 2.56. The number of hydrogen-bond acceptors (Lipinski definition) is 5. The second-order valence-electron chi connectivity index (χ2n) is 5.23. The Labute approximate surface area is 132 Å². The number of allylic oxidation sites excluding steroid dienone is 2. The van der Waals surface area contributed by atoms with Crippen LogP contribution in [0.1, 0.15) is 39.5 Å². The summed E-state index contributed by atoms with van der Waals surface area (Å²) >= 11 is 0. The molecule has 0 aromatic heterocycles. The third kappa shape index (κ3) is 5.65. The lowest BCUT2D eigenvalue weighted by Gasteiger charge is -2.14. The molecule has 22 heavy (non-hydrogen) atoms. The number of esters is 1. The van der Waals surface area contributed by atoms with Crippen molar-refractivity contribution in [2.24, 2.45) is 5.92 Å². The lowest BCUT2D eigenvalue weighted by atomic mass is 10.0. The largest absolute Gasteiger partial charge is 0.461 e. The van der Waals surface area contributed by atoms with Crippen molar-refractivity contribution in [1.82, 2.24) is 4.90 Å². The average molecular weight is 304 g/mol. The molecular formula is C17H24N2O3. The molecular weight excluding hydrogens is 280 g/mol. The molecule has 0 aliphatic carbocycles. The molecule has 1 aliphatic rings. The van der Waals surface area contributed by atoms with Crippen molar-refractivity contribution < 1.29 is 14.3 Å². The Kier molecular flexibility index (Phi) is 7.84. The van der Waals surface area contributed by atoms with Crippen molar-refractivity contribution >= 4 is 5.97 Å². The van der Waals surface area contributed by atoms with Gasteiger partial charge in [0.2, 0.25) is 0 Å². The second-order valence-corrected chi connectivity index (χ2v) is 5.23. The van der Waals surface area contributed by atoms with Crippen molar-refractivity contribution in [1.29, 1.82) is 5.26 Å². The van der Waals surface area contributed by atoms with Gasteiger partial charge in [-0.2, -0.15) is 5.26 Å². The van der Waals surface area contributed by atoms with Crippen molar-refractivity contribution in [3.63, 3.8) is 0 Å². The quantitative estimate of drug-likeness (QED) is 0.390. The van der Waals surface area contributed by atoms with Gasteiger partial charge in [-0.1, -0.05) is 33.1 Å². The zero-order valence-corrected chi connectivity index (χ0v) is 13.5. The molecule has 0 bridgehead atoms. The van der Waals surface area contributed by atoms with E-state index in [1.54, 1.807) is 17.2 Å². The highest BCUT2D eigenvalue weighted by atomic mass is 16.5. The maximum Gasteiger partial charge on any atom is 0.348 e. The molecule has 1 unspecified atom stereocenters. The SMILES string of the molecule is CCCCC(CC)COC(=O)C(C#N)=CC=C1OC=CN1C. The van der Waals surface area contributed by atoms with Crippen LogP contribution in [0.3, 0.4) is 0 Å². The van der Waals surface area contributed by atoms with E-state index in [1.165, 1.54) is 12.3 Å². The fraction of sp³-hybridized carbons (Fsp3) is 0.529. The monoisotopic (exact) mass is 304 g/mol. The van der Waals surface area contributed by atoms with Crippen LogP contribution in [0.4, 0.5) is 0 Å². The van der Waals surface area contributed by atoms with Gasteiger partial charge in [0.15, 0.2) is 5.88 Å². The van der Waals surface area contributed by atoms with Gasteiger partial charge in [0.25, 0.3) is 0 Å². The summed E-state index contributed by atoms with van der Waals surface area (Å²) < 4.78 is 10.5. The molecule has 0 N–H and O–H groups in total. The predicted octanol–water partition coefficient (Wildman–Crippen LogP) is 3.47. The lowest BCUT2D eigenvalue weighted by Crippen LogP contribution is -2.15. The van der Waals surface area contributed by atoms with Gasteiger partial charge >= 0.3 is 5.97 Å². The molecule has 0 amide bonds. The Hall–Kier alpha value is -2.22. The molecule has 0 aromatic rings. The minimum absolute atomic E-state index is 0.0262. The minimum atomic E-state index is -0.581. The summed E-state index contributed by atoms with van der Waals surface area (Å²) in [5, 5.41) is 9.08. The molecule has 0 saturated heterocycles. The number of unbranched alkanes of at least 4 members (excludes halogenated alkanes) is 1. The van der Waals surface area contributed by atoms with Gasteiger partial charge in [0, 0.05) is 19.3 Å². The van der Waals surface area contributed by atoms with E-state index >= 15 is 0 Å². The van der Waals surface area contributed by atoms with Gasteiger partial charge < -0.3 is 14.4 Å². The third-order valence-electron chi connectivity index (χ3n) is 3.55. The summed E-state index contributed by atoms with van der Waals surface area (Å²) in [6, 6.07) is 1.87. The first-order chi connectivity index (χ1) is 10.6. The first-order valence-corrected chi connectivity index (χ1v) is 7.67. The van der Waals surface area contributed by atoms with Crippen molar-refractivity contribution in [2.75, 3.05) is 13.7 Å². The van der Waals surface area contributed by atoms with Crippen LogP contribution in [-0.4, -0.2) is 24.5 Å². The van der Waals surface area contributed by atoms with Gasteiger partial charge in [0.05, 0.1) is 6.61 Å². The molecule has 0 saturated carbocycles. The smallest absolute Gasteiger partial charge is 0.348 e. The van der Waals surface area contributed by atoms with E-state index in [2.05, 4.69) is 13.8 Å². The van der Waals surface area contributed by atoms with E-state index in [9.17, 15) is 4.79 Å². The molecule has 1 heterocycles. The molecule has 120 valence electrons. The Morgan fingerprint density at radius 2 is 2.32 bits per heavy atom. The second kappa shape index (κ2) is 9.67. The number of ether oxygens (including phenoxy) is 2. The Morgan fingerprint density at radius 1 is 1.55 bits per heavy atom. The van der Waals surface area contributed by atoms with Crippen molar-refractivity contribution in [2.45, 2.75) is 39.5 Å². The molecule has 0 radical (unpaired) electrons. The van der Waals surface area contributed by atoms with Crippen LogP contribution < -0.4 is 0 Å². The van der Waals surface area contributed by atoms with Crippen LogP contribution >= 0.6 is 0 Å². The maximum absolute atomic E-state index is 11.9. The van der Waals surface area contributed by atoms with Gasteiger partial charge in [-0.05, 0) is 18.4 Å². The highest BCUT2D eigenvalue weighted by Crippen LogP contribution is 2.15. The molecule has 1 aliphatic heterocycles. The summed E-state index contributed by atoms with van der Waals surface area (Å²) in [7, 11) is 1.81. The fourth-order valence-corrected chi connectivity index (χ4v) is 1.98. The van der Waals surface area contributed by atoms with E-state index in [0.29, 0.717) is 18.4 Å². The molecule has 0 spiro atoms. The van der Waals surface area contributed by atoms with Gasteiger partial charge in [0.1, 0.15) is 17.9 Å². The highest BCUT2D eigenvalue weighted by Gasteiger charge is 2.14. The van der Waals surface area contributed by atoms with Crippen LogP contribution in [0.15, 0.2) is 36.1 Å². The Morgan fingerprint density at radius 3 is 2.86 bits per heavy atom. The summed E-state index contributed by atoms with van der Waals surface area (Å²) in [6.45, 7) is 4.59. The lowest BCUT2D eigenvalue weighted by molar-refractivity contribution is -0.140. The maximum atomic E-state index is 11.9. The van der Waals surface area contributed by atoms with Crippen molar-refractivity contribution in [3.8, 4) is 6.07 Å². The average Bonchev–Trinajstić information content (AvgIpc) is 2.93. The van der Waals surface area contributed by atoms with Crippen LogP contribution in [-0.2, 0) is 14.3 Å². The number of nitriles is 1. The summed E-state index contributed by atoms with van der Waals surface area (Å²) in [5.41, 5.74) is -0.0262.